The monoisotopic (exact) mass is 209 g/mol. The molecule has 0 radical (unpaired) electrons. The predicted octanol–water partition coefficient (Wildman–Crippen LogP) is -1.27. The first-order valence-electron chi connectivity index (χ1n) is 3.79. The standard InChI is InChI=1S/C6H11NO5S/c8-5-6(13(9,10)11)7-1-3-12-4-2-7/h5-6H,1-4H2,(H,9,10,11). The maximum absolute atomic E-state index is 10.7. The second-order valence-corrected chi connectivity index (χ2v) is 4.20. The number of hydrogen-bond donors (Lipinski definition) is 1. The first-order chi connectivity index (χ1) is 6.05. The Morgan fingerprint density at radius 3 is 2.31 bits per heavy atom. The third-order valence-electron chi connectivity index (χ3n) is 1.83. The van der Waals surface area contributed by atoms with Crippen LogP contribution in [0.5, 0.6) is 0 Å². The minimum atomic E-state index is -4.31. The van der Waals surface area contributed by atoms with Crippen LogP contribution in [0.15, 0.2) is 0 Å². The second kappa shape index (κ2) is 4.14. The van der Waals surface area contributed by atoms with E-state index in [0.717, 1.165) is 0 Å². The van der Waals surface area contributed by atoms with Crippen molar-refractivity contribution in [3.05, 3.63) is 0 Å². The van der Waals surface area contributed by atoms with Crippen molar-refractivity contribution in [3.63, 3.8) is 0 Å². The van der Waals surface area contributed by atoms with Crippen molar-refractivity contribution >= 4 is 16.4 Å². The number of carbonyl (C=O) groups excluding carboxylic acids is 1. The van der Waals surface area contributed by atoms with Crippen LogP contribution in [0.2, 0.25) is 0 Å². The Morgan fingerprint density at radius 1 is 1.38 bits per heavy atom. The molecular weight excluding hydrogens is 198 g/mol. The summed E-state index contributed by atoms with van der Waals surface area (Å²) in [5, 5.41) is -1.45. The van der Waals surface area contributed by atoms with Gasteiger partial charge in [-0.05, 0) is 0 Å². The molecule has 1 rings (SSSR count). The Kier molecular flexibility index (Phi) is 3.37. The van der Waals surface area contributed by atoms with Crippen LogP contribution in [0.4, 0.5) is 0 Å². The zero-order valence-electron chi connectivity index (χ0n) is 6.92. The van der Waals surface area contributed by atoms with Crippen LogP contribution in [0, 0.1) is 0 Å². The fourth-order valence-electron chi connectivity index (χ4n) is 1.18. The molecule has 0 aromatic heterocycles. The molecule has 0 aromatic rings. The van der Waals surface area contributed by atoms with Gasteiger partial charge in [-0.15, -0.1) is 0 Å². The highest BCUT2D eigenvalue weighted by molar-refractivity contribution is 7.87. The molecule has 1 aliphatic heterocycles. The van der Waals surface area contributed by atoms with Crippen LogP contribution in [0.25, 0.3) is 0 Å². The van der Waals surface area contributed by atoms with Gasteiger partial charge in [0, 0.05) is 13.1 Å². The summed E-state index contributed by atoms with van der Waals surface area (Å²) in [5.74, 6) is 0. The molecule has 6 nitrogen and oxygen atoms in total. The van der Waals surface area contributed by atoms with Gasteiger partial charge < -0.3 is 9.53 Å². The van der Waals surface area contributed by atoms with Crippen molar-refractivity contribution in [2.24, 2.45) is 0 Å². The van der Waals surface area contributed by atoms with Crippen LogP contribution in [-0.4, -0.2) is 55.8 Å². The van der Waals surface area contributed by atoms with Crippen LogP contribution in [-0.2, 0) is 19.6 Å². The van der Waals surface area contributed by atoms with Crippen molar-refractivity contribution < 1.29 is 22.5 Å². The third kappa shape index (κ3) is 2.73. The SMILES string of the molecule is O=CC(N1CCOCC1)S(=O)(=O)O. The maximum atomic E-state index is 10.7. The molecule has 1 heterocycles. The molecule has 0 amide bonds. The first kappa shape index (κ1) is 10.6. The normalized spacial score (nSPS) is 22.5. The summed E-state index contributed by atoms with van der Waals surface area (Å²) in [6.45, 7) is 1.42. The lowest BCUT2D eigenvalue weighted by molar-refractivity contribution is -0.111. The van der Waals surface area contributed by atoms with E-state index in [1.807, 2.05) is 0 Å². The van der Waals surface area contributed by atoms with E-state index in [-0.39, 0.29) is 6.29 Å². The highest BCUT2D eigenvalue weighted by atomic mass is 32.2. The van der Waals surface area contributed by atoms with Crippen LogP contribution >= 0.6 is 0 Å². The van der Waals surface area contributed by atoms with Crippen LogP contribution in [0.3, 0.4) is 0 Å². The molecule has 13 heavy (non-hydrogen) atoms. The molecule has 1 saturated heterocycles. The number of rotatable bonds is 3. The number of carbonyl (C=O) groups is 1. The molecule has 1 atom stereocenters. The average Bonchev–Trinajstić information content (AvgIpc) is 2.05. The number of ether oxygens (including phenoxy) is 1. The van der Waals surface area contributed by atoms with Crippen molar-refractivity contribution in [2.75, 3.05) is 26.3 Å². The zero-order valence-corrected chi connectivity index (χ0v) is 7.74. The molecule has 1 N–H and O–H groups in total. The Labute approximate surface area is 76.2 Å². The van der Waals surface area contributed by atoms with Gasteiger partial charge in [-0.1, -0.05) is 0 Å². The molecular formula is C6H11NO5S. The fourth-order valence-corrected chi connectivity index (χ4v) is 1.90. The quantitative estimate of drug-likeness (QED) is 0.461. The minimum absolute atomic E-state index is 0.223. The average molecular weight is 209 g/mol. The van der Waals surface area contributed by atoms with E-state index in [1.165, 1.54) is 4.90 Å². The number of nitrogens with zero attached hydrogens (tertiary/aromatic N) is 1. The lowest BCUT2D eigenvalue weighted by Gasteiger charge is -2.29. The molecule has 76 valence electrons. The summed E-state index contributed by atoms with van der Waals surface area (Å²) in [4.78, 5) is 11.8. The Morgan fingerprint density at radius 2 is 1.92 bits per heavy atom. The predicted molar refractivity (Wildman–Crippen MR) is 43.8 cm³/mol. The van der Waals surface area contributed by atoms with Crippen LogP contribution in [0.1, 0.15) is 0 Å². The highest BCUT2D eigenvalue weighted by Gasteiger charge is 2.30. The van der Waals surface area contributed by atoms with E-state index in [9.17, 15) is 13.2 Å². The smallest absolute Gasteiger partial charge is 0.288 e. The van der Waals surface area contributed by atoms with Crippen molar-refractivity contribution in [1.82, 2.24) is 4.90 Å². The summed E-state index contributed by atoms with van der Waals surface area (Å²) < 4.78 is 35.1. The van der Waals surface area contributed by atoms with Gasteiger partial charge in [-0.3, -0.25) is 9.45 Å². The largest absolute Gasteiger partial charge is 0.379 e. The van der Waals surface area contributed by atoms with Gasteiger partial charge in [0.05, 0.1) is 13.2 Å². The summed E-state index contributed by atoms with van der Waals surface area (Å²) >= 11 is 0. The van der Waals surface area contributed by atoms with E-state index in [0.29, 0.717) is 26.3 Å². The highest BCUT2D eigenvalue weighted by Crippen LogP contribution is 2.06. The van der Waals surface area contributed by atoms with E-state index >= 15 is 0 Å². The van der Waals surface area contributed by atoms with E-state index in [1.54, 1.807) is 0 Å². The number of aldehydes is 1. The zero-order chi connectivity index (χ0) is 9.90. The van der Waals surface area contributed by atoms with E-state index in [4.69, 9.17) is 9.29 Å². The Bertz CT molecular complexity index is 269. The molecule has 0 saturated carbocycles. The summed E-state index contributed by atoms with van der Waals surface area (Å²) in [6, 6.07) is 0. The van der Waals surface area contributed by atoms with Crippen LogP contribution < -0.4 is 0 Å². The third-order valence-corrected chi connectivity index (χ3v) is 2.85. The van der Waals surface area contributed by atoms with Gasteiger partial charge in [0.25, 0.3) is 10.1 Å². The number of hydrogen-bond acceptors (Lipinski definition) is 5. The molecule has 1 aliphatic rings. The van der Waals surface area contributed by atoms with Gasteiger partial charge in [0.2, 0.25) is 0 Å². The molecule has 1 fully saturated rings. The van der Waals surface area contributed by atoms with Gasteiger partial charge in [0.15, 0.2) is 11.7 Å². The Balaban J connectivity index is 2.71. The Hall–Kier alpha value is -0.500. The molecule has 0 aliphatic carbocycles. The lowest BCUT2D eigenvalue weighted by atomic mass is 10.4. The molecule has 7 heteroatoms. The van der Waals surface area contributed by atoms with E-state index < -0.39 is 15.5 Å². The lowest BCUT2D eigenvalue weighted by Crippen LogP contribution is -2.48. The maximum Gasteiger partial charge on any atom is 0.288 e. The van der Waals surface area contributed by atoms with Gasteiger partial charge in [0.1, 0.15) is 0 Å². The number of morpholine rings is 1. The minimum Gasteiger partial charge on any atom is -0.379 e. The summed E-state index contributed by atoms with van der Waals surface area (Å²) in [6.07, 6.45) is 0.223. The summed E-state index contributed by atoms with van der Waals surface area (Å²) in [5.41, 5.74) is 0. The van der Waals surface area contributed by atoms with Gasteiger partial charge in [-0.25, -0.2) is 0 Å². The summed E-state index contributed by atoms with van der Waals surface area (Å²) in [7, 11) is -4.31. The molecule has 0 aromatic carbocycles. The molecule has 0 spiro atoms. The van der Waals surface area contributed by atoms with E-state index in [2.05, 4.69) is 0 Å². The second-order valence-electron chi connectivity index (χ2n) is 2.69. The van der Waals surface area contributed by atoms with Gasteiger partial charge >= 0.3 is 0 Å². The van der Waals surface area contributed by atoms with Crippen molar-refractivity contribution in [3.8, 4) is 0 Å². The van der Waals surface area contributed by atoms with Crippen molar-refractivity contribution in [2.45, 2.75) is 5.37 Å². The fraction of sp³-hybridized carbons (Fsp3) is 0.833. The van der Waals surface area contributed by atoms with Crippen molar-refractivity contribution in [1.29, 1.82) is 0 Å². The first-order valence-corrected chi connectivity index (χ1v) is 5.29. The topological polar surface area (TPSA) is 83.9 Å². The van der Waals surface area contributed by atoms with Gasteiger partial charge in [-0.2, -0.15) is 8.42 Å². The molecule has 1 unspecified atom stereocenters. The molecule has 0 bridgehead atoms.